The van der Waals surface area contributed by atoms with Gasteiger partial charge in [0.25, 0.3) is 5.91 Å². The van der Waals surface area contributed by atoms with Gasteiger partial charge in [-0.05, 0) is 18.2 Å². The Morgan fingerprint density at radius 3 is 2.95 bits per heavy atom. The highest BCUT2D eigenvalue weighted by Crippen LogP contribution is 2.20. The average molecular weight is 265 g/mol. The van der Waals surface area contributed by atoms with E-state index < -0.39 is 0 Å². The number of carbonyl (C=O) groups is 1. The Hall–Kier alpha value is -1.79. The van der Waals surface area contributed by atoms with Crippen LogP contribution in [0.1, 0.15) is 10.4 Å². The van der Waals surface area contributed by atoms with E-state index in [0.717, 1.165) is 5.69 Å². The number of hydrogen-bond acceptors (Lipinski definition) is 5. The summed E-state index contributed by atoms with van der Waals surface area (Å²) in [5, 5.41) is 5.77. The summed E-state index contributed by atoms with van der Waals surface area (Å²) < 4.78 is 10.8. The van der Waals surface area contributed by atoms with E-state index in [1.807, 2.05) is 0 Å². The number of nitrogens with one attached hydrogen (secondary N) is 2. The Morgan fingerprint density at radius 2 is 2.32 bits per heavy atom. The summed E-state index contributed by atoms with van der Waals surface area (Å²) >= 11 is 0. The highest BCUT2D eigenvalue weighted by Gasteiger charge is 2.14. The van der Waals surface area contributed by atoms with Gasteiger partial charge in [-0.15, -0.1) is 0 Å². The Kier molecular flexibility index (Phi) is 4.59. The third kappa shape index (κ3) is 3.59. The largest absolute Gasteiger partial charge is 0.397 e. The smallest absolute Gasteiger partial charge is 0.251 e. The molecule has 1 unspecified atom stereocenters. The van der Waals surface area contributed by atoms with Crippen LogP contribution in [0.15, 0.2) is 18.2 Å². The van der Waals surface area contributed by atoms with E-state index in [2.05, 4.69) is 10.6 Å². The number of nitrogen functional groups attached to an aromatic ring is 1. The van der Waals surface area contributed by atoms with Crippen molar-refractivity contribution in [3.8, 4) is 0 Å². The quantitative estimate of drug-likeness (QED) is 0.688. The van der Waals surface area contributed by atoms with Crippen LogP contribution in [0.25, 0.3) is 0 Å². The lowest BCUT2D eigenvalue weighted by atomic mass is 10.1. The van der Waals surface area contributed by atoms with E-state index >= 15 is 0 Å². The summed E-state index contributed by atoms with van der Waals surface area (Å²) in [6, 6.07) is 5.18. The minimum atomic E-state index is -0.151. The fourth-order valence-electron chi connectivity index (χ4n) is 1.89. The van der Waals surface area contributed by atoms with Crippen molar-refractivity contribution in [1.29, 1.82) is 0 Å². The molecule has 19 heavy (non-hydrogen) atoms. The molecule has 0 spiro atoms. The Morgan fingerprint density at radius 1 is 1.47 bits per heavy atom. The first-order chi connectivity index (χ1) is 9.20. The zero-order chi connectivity index (χ0) is 13.7. The third-order valence-corrected chi connectivity index (χ3v) is 2.95. The number of ether oxygens (including phenoxy) is 2. The van der Waals surface area contributed by atoms with Gasteiger partial charge in [0, 0.05) is 19.2 Å². The minimum Gasteiger partial charge on any atom is -0.397 e. The van der Waals surface area contributed by atoms with Crippen LogP contribution in [-0.2, 0) is 9.47 Å². The van der Waals surface area contributed by atoms with Gasteiger partial charge in [0.15, 0.2) is 0 Å². The number of benzene rings is 1. The van der Waals surface area contributed by atoms with Crippen LogP contribution in [-0.4, -0.2) is 45.4 Å². The zero-order valence-corrected chi connectivity index (χ0v) is 10.9. The highest BCUT2D eigenvalue weighted by atomic mass is 16.6. The second-order valence-corrected chi connectivity index (χ2v) is 4.33. The van der Waals surface area contributed by atoms with E-state index in [4.69, 9.17) is 15.2 Å². The molecular formula is C13H19N3O3. The average Bonchev–Trinajstić information content (AvgIpc) is 2.46. The third-order valence-electron chi connectivity index (χ3n) is 2.95. The lowest BCUT2D eigenvalue weighted by Crippen LogP contribution is -2.34. The van der Waals surface area contributed by atoms with Gasteiger partial charge >= 0.3 is 0 Å². The summed E-state index contributed by atoms with van der Waals surface area (Å²) in [4.78, 5) is 11.5. The van der Waals surface area contributed by atoms with E-state index in [-0.39, 0.29) is 12.0 Å². The van der Waals surface area contributed by atoms with Crippen molar-refractivity contribution in [3.63, 3.8) is 0 Å². The summed E-state index contributed by atoms with van der Waals surface area (Å²) in [6.45, 7) is 2.49. The first-order valence-corrected chi connectivity index (χ1v) is 6.25. The number of carbonyl (C=O) groups excluding carboxylic acids is 1. The molecule has 1 heterocycles. The van der Waals surface area contributed by atoms with E-state index in [1.165, 1.54) is 0 Å². The minimum absolute atomic E-state index is 0.0340. The molecule has 2 rings (SSSR count). The molecule has 1 amide bonds. The predicted octanol–water partition coefficient (Wildman–Crippen LogP) is 0.456. The van der Waals surface area contributed by atoms with Crippen LogP contribution in [0, 0.1) is 0 Å². The van der Waals surface area contributed by atoms with Crippen LogP contribution in [0.3, 0.4) is 0 Å². The molecule has 1 aromatic carbocycles. The number of nitrogens with two attached hydrogens (primary N) is 1. The van der Waals surface area contributed by atoms with Crippen LogP contribution in [0.2, 0.25) is 0 Å². The van der Waals surface area contributed by atoms with Crippen molar-refractivity contribution in [3.05, 3.63) is 23.8 Å². The zero-order valence-electron chi connectivity index (χ0n) is 10.9. The van der Waals surface area contributed by atoms with Crippen molar-refractivity contribution < 1.29 is 14.3 Å². The summed E-state index contributed by atoms with van der Waals surface area (Å²) in [5.41, 5.74) is 7.79. The second-order valence-electron chi connectivity index (χ2n) is 4.33. The Balaban J connectivity index is 1.95. The van der Waals surface area contributed by atoms with Gasteiger partial charge in [-0.1, -0.05) is 0 Å². The van der Waals surface area contributed by atoms with Gasteiger partial charge < -0.3 is 25.8 Å². The molecule has 1 aliphatic heterocycles. The Bertz CT molecular complexity index is 445. The molecule has 1 saturated heterocycles. The predicted molar refractivity (Wildman–Crippen MR) is 73.3 cm³/mol. The molecular weight excluding hydrogens is 246 g/mol. The van der Waals surface area contributed by atoms with Crippen LogP contribution in [0.5, 0.6) is 0 Å². The molecule has 0 aromatic heterocycles. The lowest BCUT2D eigenvalue weighted by molar-refractivity contribution is -0.0818. The maximum Gasteiger partial charge on any atom is 0.251 e. The summed E-state index contributed by atoms with van der Waals surface area (Å²) in [5.74, 6) is -0.151. The molecule has 1 aromatic rings. The molecule has 1 aliphatic rings. The first-order valence-electron chi connectivity index (χ1n) is 6.25. The maximum atomic E-state index is 11.5. The topological polar surface area (TPSA) is 85.6 Å². The van der Waals surface area contributed by atoms with E-state index in [1.54, 1.807) is 25.2 Å². The van der Waals surface area contributed by atoms with Gasteiger partial charge in [-0.3, -0.25) is 4.79 Å². The normalized spacial score (nSPS) is 18.9. The Labute approximate surface area is 112 Å². The van der Waals surface area contributed by atoms with Crippen molar-refractivity contribution in [2.45, 2.75) is 6.10 Å². The molecule has 1 atom stereocenters. The number of amides is 1. The van der Waals surface area contributed by atoms with Gasteiger partial charge in [-0.2, -0.15) is 0 Å². The van der Waals surface area contributed by atoms with E-state index in [9.17, 15) is 4.79 Å². The molecule has 104 valence electrons. The fraction of sp³-hybridized carbons (Fsp3) is 0.462. The lowest BCUT2D eigenvalue weighted by Gasteiger charge is -2.23. The molecule has 6 heteroatoms. The van der Waals surface area contributed by atoms with Crippen molar-refractivity contribution in [2.75, 3.05) is 44.5 Å². The second kappa shape index (κ2) is 6.40. The standard InChI is InChI=1S/C13H19N3O3/c1-15-13(17)9-2-3-12(11(14)6-9)16-7-10-8-18-4-5-19-10/h2-3,6,10,16H,4-5,7-8,14H2,1H3,(H,15,17). The molecule has 0 radical (unpaired) electrons. The number of anilines is 2. The molecule has 6 nitrogen and oxygen atoms in total. The van der Waals surface area contributed by atoms with Crippen LogP contribution >= 0.6 is 0 Å². The van der Waals surface area contributed by atoms with E-state index in [0.29, 0.717) is 37.6 Å². The summed E-state index contributed by atoms with van der Waals surface area (Å²) in [6.07, 6.45) is 0.0340. The van der Waals surface area contributed by atoms with Gasteiger partial charge in [0.05, 0.1) is 37.3 Å². The van der Waals surface area contributed by atoms with Crippen molar-refractivity contribution in [1.82, 2.24) is 5.32 Å². The SMILES string of the molecule is CNC(=O)c1ccc(NCC2COCCO2)c(N)c1. The van der Waals surface area contributed by atoms with Crippen LogP contribution < -0.4 is 16.4 Å². The van der Waals surface area contributed by atoms with Crippen LogP contribution in [0.4, 0.5) is 11.4 Å². The van der Waals surface area contributed by atoms with Gasteiger partial charge in [0.1, 0.15) is 0 Å². The van der Waals surface area contributed by atoms with Gasteiger partial charge in [-0.25, -0.2) is 0 Å². The maximum absolute atomic E-state index is 11.5. The van der Waals surface area contributed by atoms with Crippen molar-refractivity contribution in [2.24, 2.45) is 0 Å². The van der Waals surface area contributed by atoms with Crippen molar-refractivity contribution >= 4 is 17.3 Å². The molecule has 0 saturated carbocycles. The monoisotopic (exact) mass is 265 g/mol. The number of hydrogen-bond donors (Lipinski definition) is 3. The first kappa shape index (κ1) is 13.6. The molecule has 1 fully saturated rings. The van der Waals surface area contributed by atoms with Gasteiger partial charge in [0.2, 0.25) is 0 Å². The summed E-state index contributed by atoms with van der Waals surface area (Å²) in [7, 11) is 1.59. The number of rotatable bonds is 4. The molecule has 0 aliphatic carbocycles. The molecule has 4 N–H and O–H groups in total. The molecule has 0 bridgehead atoms. The fourth-order valence-corrected chi connectivity index (χ4v) is 1.89. The highest BCUT2D eigenvalue weighted by molar-refractivity contribution is 5.95.